The van der Waals surface area contributed by atoms with Crippen LogP contribution in [-0.4, -0.2) is 19.8 Å². The summed E-state index contributed by atoms with van der Waals surface area (Å²) in [4.78, 5) is 0.840. The Hall–Kier alpha value is -2.18. The van der Waals surface area contributed by atoms with Crippen LogP contribution in [0.1, 0.15) is 4.88 Å². The Morgan fingerprint density at radius 2 is 1.76 bits per heavy atom. The van der Waals surface area contributed by atoms with Crippen molar-refractivity contribution < 1.29 is 13.6 Å². The summed E-state index contributed by atoms with van der Waals surface area (Å²) < 4.78 is 25.4. The molecule has 0 saturated carbocycles. The Kier molecular flexibility index (Phi) is 3.48. The minimum Gasteiger partial charge on any atom is -0.411 e. The van der Waals surface area contributed by atoms with Gasteiger partial charge in [0.1, 0.15) is 4.21 Å². The monoisotopic (exact) mass is 317 g/mol. The summed E-state index contributed by atoms with van der Waals surface area (Å²) in [6, 6.07) is 15.8. The predicted molar refractivity (Wildman–Crippen MR) is 83.1 cm³/mol. The first-order chi connectivity index (χ1) is 10.1. The van der Waals surface area contributed by atoms with Gasteiger partial charge in [0.25, 0.3) is 0 Å². The van der Waals surface area contributed by atoms with Gasteiger partial charge in [-0.15, -0.1) is 11.3 Å². The smallest absolute Gasteiger partial charge is 0.215 e. The number of nitrogens with zero attached hydrogens (tertiary/aromatic N) is 1. The second kappa shape index (κ2) is 5.31. The first-order valence-electron chi connectivity index (χ1n) is 6.12. The van der Waals surface area contributed by atoms with Gasteiger partial charge < -0.3 is 5.21 Å². The van der Waals surface area contributed by atoms with Crippen LogP contribution >= 0.6 is 11.3 Å². The lowest BCUT2D eigenvalue weighted by Crippen LogP contribution is -1.99. The lowest BCUT2D eigenvalue weighted by atomic mass is 10.1. The van der Waals surface area contributed by atoms with Gasteiger partial charge in [-0.1, -0.05) is 35.5 Å². The van der Waals surface area contributed by atoms with Crippen LogP contribution < -0.4 is 0 Å². The van der Waals surface area contributed by atoms with E-state index in [4.69, 9.17) is 5.21 Å². The number of oxime groups is 1. The third kappa shape index (κ3) is 2.55. The maximum absolute atomic E-state index is 12.6. The normalized spacial score (nSPS) is 12.2. The molecule has 3 aromatic rings. The lowest BCUT2D eigenvalue weighted by molar-refractivity contribution is 0.322. The van der Waals surface area contributed by atoms with Gasteiger partial charge >= 0.3 is 0 Å². The van der Waals surface area contributed by atoms with E-state index in [0.717, 1.165) is 22.1 Å². The summed E-state index contributed by atoms with van der Waals surface area (Å²) in [5, 5.41) is 13.3. The van der Waals surface area contributed by atoms with Crippen LogP contribution in [-0.2, 0) is 9.84 Å². The van der Waals surface area contributed by atoms with Crippen LogP contribution in [0.5, 0.6) is 0 Å². The fourth-order valence-electron chi connectivity index (χ4n) is 2.06. The SMILES string of the molecule is O=S(=O)(c1ccc2ccccc2c1)c1ccc(/C=N/O)s1. The lowest BCUT2D eigenvalue weighted by Gasteiger charge is -2.04. The number of sulfone groups is 1. The van der Waals surface area contributed by atoms with E-state index in [1.807, 2.05) is 24.3 Å². The molecule has 0 aliphatic carbocycles. The number of hydrogen-bond acceptors (Lipinski definition) is 5. The first kappa shape index (κ1) is 13.8. The quantitative estimate of drug-likeness (QED) is 0.456. The molecule has 106 valence electrons. The largest absolute Gasteiger partial charge is 0.411 e. The van der Waals surface area contributed by atoms with Gasteiger partial charge in [0.05, 0.1) is 16.0 Å². The Bertz CT molecular complexity index is 927. The van der Waals surface area contributed by atoms with Crippen molar-refractivity contribution in [1.29, 1.82) is 0 Å². The summed E-state index contributed by atoms with van der Waals surface area (Å²) >= 11 is 1.07. The maximum atomic E-state index is 12.6. The van der Waals surface area contributed by atoms with Gasteiger partial charge in [-0.3, -0.25) is 0 Å². The van der Waals surface area contributed by atoms with Gasteiger partial charge in [-0.05, 0) is 35.0 Å². The zero-order valence-electron chi connectivity index (χ0n) is 10.8. The molecule has 0 spiro atoms. The maximum Gasteiger partial charge on any atom is 0.215 e. The minimum atomic E-state index is -3.55. The van der Waals surface area contributed by atoms with Crippen molar-refractivity contribution in [3.63, 3.8) is 0 Å². The molecule has 0 fully saturated rings. The summed E-state index contributed by atoms with van der Waals surface area (Å²) in [5.74, 6) is 0. The molecule has 0 saturated heterocycles. The van der Waals surface area contributed by atoms with Crippen molar-refractivity contribution in [1.82, 2.24) is 0 Å². The van der Waals surface area contributed by atoms with Crippen molar-refractivity contribution in [3.8, 4) is 0 Å². The number of rotatable bonds is 3. The Morgan fingerprint density at radius 1 is 1.00 bits per heavy atom. The molecule has 0 unspecified atom stereocenters. The van der Waals surface area contributed by atoms with Gasteiger partial charge in [-0.2, -0.15) is 0 Å². The highest BCUT2D eigenvalue weighted by atomic mass is 32.2. The van der Waals surface area contributed by atoms with Gasteiger partial charge in [0, 0.05) is 0 Å². The van der Waals surface area contributed by atoms with E-state index in [0.29, 0.717) is 4.88 Å². The summed E-state index contributed by atoms with van der Waals surface area (Å²) in [5.41, 5.74) is 0. The number of thiophene rings is 1. The molecule has 0 atom stereocenters. The standard InChI is InChI=1S/C15H11NO3S2/c17-16-10-13-6-8-15(20-13)21(18,19)14-7-5-11-3-1-2-4-12(11)9-14/h1-10,17H/b16-10+. The molecule has 1 N–H and O–H groups in total. The highest BCUT2D eigenvalue weighted by molar-refractivity contribution is 7.93. The number of hydrogen-bond donors (Lipinski definition) is 1. The van der Waals surface area contributed by atoms with Crippen LogP contribution in [0.15, 0.2) is 68.9 Å². The van der Waals surface area contributed by atoms with Gasteiger partial charge in [0.2, 0.25) is 9.84 Å². The van der Waals surface area contributed by atoms with Crippen molar-refractivity contribution in [2.24, 2.45) is 5.16 Å². The molecule has 3 rings (SSSR count). The Labute approximate surface area is 125 Å². The molecule has 1 heterocycles. The Balaban J connectivity index is 2.10. The molecule has 0 aliphatic heterocycles. The van der Waals surface area contributed by atoms with Crippen LogP contribution in [0.3, 0.4) is 0 Å². The van der Waals surface area contributed by atoms with Gasteiger partial charge in [-0.25, -0.2) is 8.42 Å². The highest BCUT2D eigenvalue weighted by Gasteiger charge is 2.20. The zero-order chi connectivity index (χ0) is 14.9. The highest BCUT2D eigenvalue weighted by Crippen LogP contribution is 2.29. The predicted octanol–water partition coefficient (Wildman–Crippen LogP) is 3.54. The molecular formula is C15H11NO3S2. The second-order valence-corrected chi connectivity index (χ2v) is 7.71. The average Bonchev–Trinajstić information content (AvgIpc) is 2.96. The van der Waals surface area contributed by atoms with E-state index in [1.54, 1.807) is 24.3 Å². The molecule has 0 amide bonds. The molecule has 6 heteroatoms. The summed E-state index contributed by atoms with van der Waals surface area (Å²) in [6.45, 7) is 0. The molecule has 4 nitrogen and oxygen atoms in total. The third-order valence-electron chi connectivity index (χ3n) is 3.08. The van der Waals surface area contributed by atoms with Crippen molar-refractivity contribution in [2.45, 2.75) is 9.10 Å². The molecule has 2 aromatic carbocycles. The fraction of sp³-hybridized carbons (Fsp3) is 0. The van der Waals surface area contributed by atoms with Crippen LogP contribution in [0, 0.1) is 0 Å². The van der Waals surface area contributed by atoms with Crippen LogP contribution in [0.2, 0.25) is 0 Å². The van der Waals surface area contributed by atoms with Crippen LogP contribution in [0.25, 0.3) is 10.8 Å². The van der Waals surface area contributed by atoms with Crippen LogP contribution in [0.4, 0.5) is 0 Å². The second-order valence-electron chi connectivity index (χ2n) is 4.41. The Morgan fingerprint density at radius 3 is 2.52 bits per heavy atom. The van der Waals surface area contributed by atoms with Crippen molar-refractivity contribution in [3.05, 3.63) is 59.5 Å². The molecular weight excluding hydrogens is 306 g/mol. The topological polar surface area (TPSA) is 66.7 Å². The third-order valence-corrected chi connectivity index (χ3v) is 6.35. The fourth-order valence-corrected chi connectivity index (χ4v) is 4.69. The van der Waals surface area contributed by atoms with E-state index in [1.165, 1.54) is 12.3 Å². The average molecular weight is 317 g/mol. The molecule has 1 aromatic heterocycles. The molecule has 0 bridgehead atoms. The van der Waals surface area contributed by atoms with Gasteiger partial charge in [0.15, 0.2) is 0 Å². The van der Waals surface area contributed by atoms with Crippen molar-refractivity contribution >= 4 is 38.2 Å². The molecule has 0 radical (unpaired) electrons. The first-order valence-corrected chi connectivity index (χ1v) is 8.42. The van der Waals surface area contributed by atoms with E-state index < -0.39 is 9.84 Å². The van der Waals surface area contributed by atoms with E-state index in [9.17, 15) is 8.42 Å². The number of fused-ring (bicyclic) bond motifs is 1. The number of benzene rings is 2. The van der Waals surface area contributed by atoms with E-state index in [2.05, 4.69) is 5.16 Å². The van der Waals surface area contributed by atoms with E-state index >= 15 is 0 Å². The minimum absolute atomic E-state index is 0.229. The summed E-state index contributed by atoms with van der Waals surface area (Å²) in [7, 11) is -3.55. The summed E-state index contributed by atoms with van der Waals surface area (Å²) in [6.07, 6.45) is 1.21. The zero-order valence-corrected chi connectivity index (χ0v) is 12.4. The van der Waals surface area contributed by atoms with E-state index in [-0.39, 0.29) is 9.10 Å². The van der Waals surface area contributed by atoms with Crippen molar-refractivity contribution in [2.75, 3.05) is 0 Å². The molecule has 21 heavy (non-hydrogen) atoms. The molecule has 0 aliphatic rings.